The molecule has 0 aromatic heterocycles. The summed E-state index contributed by atoms with van der Waals surface area (Å²) < 4.78 is 5.73. The summed E-state index contributed by atoms with van der Waals surface area (Å²) >= 11 is 5.88. The van der Waals surface area contributed by atoms with Gasteiger partial charge >= 0.3 is 0 Å². The van der Waals surface area contributed by atoms with Crippen molar-refractivity contribution in [3.8, 4) is 11.5 Å². The molecule has 2 aromatic carbocycles. The Morgan fingerprint density at radius 2 is 1.83 bits per heavy atom. The third-order valence-electron chi connectivity index (χ3n) is 2.53. The maximum Gasteiger partial charge on any atom is 0.130 e. The number of halogens is 1. The van der Waals surface area contributed by atoms with Gasteiger partial charge in [-0.15, -0.1) is 0 Å². The molecule has 0 atom stereocenters. The Bertz CT molecular complexity index is 579. The number of rotatable bonds is 3. The first-order valence-corrected chi connectivity index (χ1v) is 5.82. The Morgan fingerprint density at radius 3 is 2.39 bits per heavy atom. The maximum absolute atomic E-state index is 7.31. The predicted molar refractivity (Wildman–Crippen MR) is 73.7 cm³/mol. The molecule has 0 bridgehead atoms. The average Bonchev–Trinajstić information content (AvgIpc) is 2.33. The second-order valence-corrected chi connectivity index (χ2v) is 4.39. The third kappa shape index (κ3) is 2.81. The van der Waals surface area contributed by atoms with Gasteiger partial charge in [0.1, 0.15) is 17.3 Å². The van der Waals surface area contributed by atoms with Crippen LogP contribution < -0.4 is 10.5 Å². The highest BCUT2D eigenvalue weighted by atomic mass is 35.5. The van der Waals surface area contributed by atoms with Gasteiger partial charge in [0.25, 0.3) is 0 Å². The molecule has 0 heterocycles. The number of nitrogens with two attached hydrogens (primary N) is 1. The fourth-order valence-electron chi connectivity index (χ4n) is 1.56. The van der Waals surface area contributed by atoms with E-state index < -0.39 is 0 Å². The molecule has 0 saturated carbocycles. The van der Waals surface area contributed by atoms with Gasteiger partial charge in [-0.1, -0.05) is 11.6 Å². The molecule has 3 N–H and O–H groups in total. The number of hydrogen-bond acceptors (Lipinski definition) is 2. The van der Waals surface area contributed by atoms with E-state index in [-0.39, 0.29) is 5.84 Å². The predicted octanol–water partition coefficient (Wildman–Crippen LogP) is 3.72. The van der Waals surface area contributed by atoms with Crippen LogP contribution in [0, 0.1) is 12.3 Å². The summed E-state index contributed by atoms with van der Waals surface area (Å²) in [5, 5.41) is 7.99. The van der Waals surface area contributed by atoms with Crippen LogP contribution in [0.15, 0.2) is 42.5 Å². The van der Waals surface area contributed by atoms with Gasteiger partial charge in [-0.3, -0.25) is 5.41 Å². The Kier molecular flexibility index (Phi) is 3.53. The number of hydrogen-bond donors (Lipinski definition) is 2. The van der Waals surface area contributed by atoms with Crippen LogP contribution >= 0.6 is 11.6 Å². The normalized spacial score (nSPS) is 10.1. The van der Waals surface area contributed by atoms with Gasteiger partial charge in [0, 0.05) is 10.6 Å². The first-order valence-electron chi connectivity index (χ1n) is 5.45. The smallest absolute Gasteiger partial charge is 0.130 e. The van der Waals surface area contributed by atoms with Crippen LogP contribution in [0.1, 0.15) is 11.1 Å². The summed E-state index contributed by atoms with van der Waals surface area (Å²) in [6.07, 6.45) is 0. The first kappa shape index (κ1) is 12.5. The van der Waals surface area contributed by atoms with E-state index >= 15 is 0 Å². The van der Waals surface area contributed by atoms with Crippen molar-refractivity contribution >= 4 is 17.4 Å². The second kappa shape index (κ2) is 5.10. The number of amidine groups is 1. The summed E-state index contributed by atoms with van der Waals surface area (Å²) in [5.41, 5.74) is 7.03. The number of ether oxygens (including phenoxy) is 1. The van der Waals surface area contributed by atoms with Gasteiger partial charge in [-0.2, -0.15) is 0 Å². The quantitative estimate of drug-likeness (QED) is 0.653. The highest BCUT2D eigenvalue weighted by Gasteiger charge is 2.03. The molecule has 0 fully saturated rings. The largest absolute Gasteiger partial charge is 0.457 e. The molecule has 2 aromatic rings. The van der Waals surface area contributed by atoms with E-state index in [1.165, 1.54) is 0 Å². The van der Waals surface area contributed by atoms with Crippen molar-refractivity contribution in [1.29, 1.82) is 5.41 Å². The van der Waals surface area contributed by atoms with E-state index in [4.69, 9.17) is 27.5 Å². The second-order valence-electron chi connectivity index (χ2n) is 3.95. The Hall–Kier alpha value is -2.00. The minimum atomic E-state index is 0.0456. The van der Waals surface area contributed by atoms with Gasteiger partial charge in [-0.05, 0) is 55.0 Å². The molecule has 0 aliphatic rings. The Morgan fingerprint density at radius 1 is 1.17 bits per heavy atom. The Balaban J connectivity index is 2.21. The number of aryl methyl sites for hydroxylation is 1. The van der Waals surface area contributed by atoms with E-state index in [2.05, 4.69) is 0 Å². The molecule has 0 amide bonds. The number of nitrogen functional groups attached to an aromatic ring is 1. The lowest BCUT2D eigenvalue weighted by atomic mass is 10.2. The molecule has 4 heteroatoms. The van der Waals surface area contributed by atoms with Gasteiger partial charge in [0.05, 0.1) is 0 Å². The van der Waals surface area contributed by atoms with Crippen molar-refractivity contribution in [2.75, 3.05) is 0 Å². The fraction of sp³-hybridized carbons (Fsp3) is 0.0714. The van der Waals surface area contributed by atoms with Crippen molar-refractivity contribution in [3.05, 3.63) is 58.6 Å². The molecule has 92 valence electrons. The molecule has 0 spiro atoms. The maximum atomic E-state index is 7.31. The van der Waals surface area contributed by atoms with Gasteiger partial charge in [-0.25, -0.2) is 0 Å². The molecular formula is C14H13ClN2O. The summed E-state index contributed by atoms with van der Waals surface area (Å²) in [4.78, 5) is 0. The van der Waals surface area contributed by atoms with E-state index in [9.17, 15) is 0 Å². The lowest BCUT2D eigenvalue weighted by Gasteiger charge is -2.09. The number of benzene rings is 2. The molecule has 0 saturated heterocycles. The summed E-state index contributed by atoms with van der Waals surface area (Å²) in [7, 11) is 0. The molecule has 0 aliphatic carbocycles. The highest BCUT2D eigenvalue weighted by Crippen LogP contribution is 2.27. The monoisotopic (exact) mass is 260 g/mol. The van der Waals surface area contributed by atoms with Crippen LogP contribution in [0.3, 0.4) is 0 Å². The molecular weight excluding hydrogens is 248 g/mol. The minimum Gasteiger partial charge on any atom is -0.457 e. The highest BCUT2D eigenvalue weighted by molar-refractivity contribution is 6.30. The van der Waals surface area contributed by atoms with E-state index in [1.54, 1.807) is 30.3 Å². The standard InChI is InChI=1S/C14H13ClN2O/c1-9-8-11(15)4-7-13(9)18-12-5-2-10(3-6-12)14(16)17/h2-8H,1H3,(H3,16,17). The average molecular weight is 261 g/mol. The van der Waals surface area contributed by atoms with Crippen LogP contribution in [0.25, 0.3) is 0 Å². The third-order valence-corrected chi connectivity index (χ3v) is 2.77. The lowest BCUT2D eigenvalue weighted by Crippen LogP contribution is -2.10. The zero-order valence-corrected chi connectivity index (χ0v) is 10.7. The van der Waals surface area contributed by atoms with E-state index in [0.717, 1.165) is 11.3 Å². The van der Waals surface area contributed by atoms with Gasteiger partial charge in [0.2, 0.25) is 0 Å². The van der Waals surface area contributed by atoms with E-state index in [1.807, 2.05) is 19.1 Å². The van der Waals surface area contributed by atoms with Crippen LogP contribution in [-0.4, -0.2) is 5.84 Å². The van der Waals surface area contributed by atoms with E-state index in [0.29, 0.717) is 16.3 Å². The SMILES string of the molecule is Cc1cc(Cl)ccc1Oc1ccc(C(=N)N)cc1. The molecule has 3 nitrogen and oxygen atoms in total. The molecule has 0 aliphatic heterocycles. The zero-order chi connectivity index (χ0) is 13.1. The lowest BCUT2D eigenvalue weighted by molar-refractivity contribution is 0.479. The Labute approximate surface area is 111 Å². The molecule has 2 rings (SSSR count). The van der Waals surface area contributed by atoms with Crippen molar-refractivity contribution in [2.24, 2.45) is 5.73 Å². The van der Waals surface area contributed by atoms with Crippen molar-refractivity contribution in [1.82, 2.24) is 0 Å². The van der Waals surface area contributed by atoms with Crippen LogP contribution in [0.5, 0.6) is 11.5 Å². The zero-order valence-electron chi connectivity index (χ0n) is 9.91. The van der Waals surface area contributed by atoms with Crippen LogP contribution in [0.4, 0.5) is 0 Å². The molecule has 0 unspecified atom stereocenters. The van der Waals surface area contributed by atoms with Gasteiger partial charge in [0.15, 0.2) is 0 Å². The molecule has 0 radical (unpaired) electrons. The summed E-state index contributed by atoms with van der Waals surface area (Å²) in [6, 6.07) is 12.5. The van der Waals surface area contributed by atoms with Crippen molar-refractivity contribution < 1.29 is 4.74 Å². The van der Waals surface area contributed by atoms with Crippen molar-refractivity contribution in [3.63, 3.8) is 0 Å². The minimum absolute atomic E-state index is 0.0456. The van der Waals surface area contributed by atoms with Crippen LogP contribution in [0.2, 0.25) is 5.02 Å². The summed E-state index contributed by atoms with van der Waals surface area (Å²) in [5.74, 6) is 1.50. The van der Waals surface area contributed by atoms with Crippen molar-refractivity contribution in [2.45, 2.75) is 6.92 Å². The number of nitrogens with one attached hydrogen (secondary N) is 1. The topological polar surface area (TPSA) is 59.1 Å². The first-order chi connectivity index (χ1) is 8.56. The van der Waals surface area contributed by atoms with Gasteiger partial charge < -0.3 is 10.5 Å². The van der Waals surface area contributed by atoms with Crippen LogP contribution in [-0.2, 0) is 0 Å². The fourth-order valence-corrected chi connectivity index (χ4v) is 1.78. The molecule has 18 heavy (non-hydrogen) atoms. The summed E-state index contributed by atoms with van der Waals surface area (Å²) in [6.45, 7) is 1.94.